The van der Waals surface area contributed by atoms with E-state index >= 15 is 0 Å². The van der Waals surface area contributed by atoms with Gasteiger partial charge in [0.1, 0.15) is 6.26 Å². The Morgan fingerprint density at radius 3 is 2.94 bits per heavy atom. The summed E-state index contributed by atoms with van der Waals surface area (Å²) in [7, 11) is 0. The smallest absolute Gasteiger partial charge is 0.223 e. The Balaban J connectivity index is 1.59. The molecule has 4 nitrogen and oxygen atoms in total. The molecule has 17 heavy (non-hydrogen) atoms. The first-order chi connectivity index (χ1) is 8.36. The van der Waals surface area contributed by atoms with Crippen LogP contribution in [0.2, 0.25) is 0 Å². The largest absolute Gasteiger partial charge is 0.364 e. The fourth-order valence-electron chi connectivity index (χ4n) is 2.36. The van der Waals surface area contributed by atoms with E-state index < -0.39 is 0 Å². The number of aryl methyl sites for hydroxylation is 1. The van der Waals surface area contributed by atoms with Crippen molar-refractivity contribution in [3.8, 4) is 0 Å². The molecule has 0 atom stereocenters. The number of amides is 1. The van der Waals surface area contributed by atoms with Gasteiger partial charge in [-0.2, -0.15) is 0 Å². The van der Waals surface area contributed by atoms with Crippen LogP contribution >= 0.6 is 0 Å². The van der Waals surface area contributed by atoms with Crippen molar-refractivity contribution >= 4 is 5.91 Å². The molecule has 1 heterocycles. The fraction of sp³-hybridized carbons (Fsp3) is 0.692. The summed E-state index contributed by atoms with van der Waals surface area (Å²) in [6, 6.07) is 0. The Bertz CT molecular complexity index is 329. The minimum Gasteiger partial charge on any atom is -0.364 e. The third-order valence-electron chi connectivity index (χ3n) is 3.40. The third-order valence-corrected chi connectivity index (χ3v) is 3.40. The average Bonchev–Trinajstić information content (AvgIpc) is 2.88. The van der Waals surface area contributed by atoms with Gasteiger partial charge >= 0.3 is 0 Å². The molecule has 1 aromatic rings. The van der Waals surface area contributed by atoms with Crippen molar-refractivity contribution < 1.29 is 9.32 Å². The highest BCUT2D eigenvalue weighted by molar-refractivity contribution is 5.78. The summed E-state index contributed by atoms with van der Waals surface area (Å²) in [6.07, 6.45) is 11.1. The van der Waals surface area contributed by atoms with Crippen molar-refractivity contribution in [1.29, 1.82) is 0 Å². The number of aromatic nitrogens is 1. The van der Waals surface area contributed by atoms with E-state index in [9.17, 15) is 4.79 Å². The number of rotatable bonds is 5. The van der Waals surface area contributed by atoms with Crippen LogP contribution in [0.3, 0.4) is 0 Å². The Kier molecular flexibility index (Phi) is 4.59. The first-order valence-electron chi connectivity index (χ1n) is 6.52. The molecular formula is C13H20N2O2. The zero-order chi connectivity index (χ0) is 11.9. The van der Waals surface area contributed by atoms with Crippen LogP contribution in [0.4, 0.5) is 0 Å². The van der Waals surface area contributed by atoms with Crippen molar-refractivity contribution in [3.05, 3.63) is 18.0 Å². The van der Waals surface area contributed by atoms with Crippen LogP contribution in [0.15, 0.2) is 17.0 Å². The fourth-order valence-corrected chi connectivity index (χ4v) is 2.36. The number of nitrogens with one attached hydrogen (secondary N) is 1. The molecule has 1 N–H and O–H groups in total. The van der Waals surface area contributed by atoms with E-state index in [1.165, 1.54) is 19.3 Å². The van der Waals surface area contributed by atoms with Gasteiger partial charge in [-0.3, -0.25) is 4.79 Å². The molecule has 1 fully saturated rings. The summed E-state index contributed by atoms with van der Waals surface area (Å²) in [6.45, 7) is 0.751. The zero-order valence-electron chi connectivity index (χ0n) is 10.2. The molecule has 1 aromatic heterocycles. The van der Waals surface area contributed by atoms with Gasteiger partial charge in [-0.15, -0.1) is 0 Å². The summed E-state index contributed by atoms with van der Waals surface area (Å²) >= 11 is 0. The molecule has 0 radical (unpaired) electrons. The maximum Gasteiger partial charge on any atom is 0.223 e. The van der Waals surface area contributed by atoms with E-state index in [0.717, 1.165) is 37.8 Å². The quantitative estimate of drug-likeness (QED) is 0.798. The molecule has 94 valence electrons. The highest BCUT2D eigenvalue weighted by Crippen LogP contribution is 2.23. The molecule has 1 amide bonds. The van der Waals surface area contributed by atoms with E-state index in [1.54, 1.807) is 12.5 Å². The van der Waals surface area contributed by atoms with Crippen molar-refractivity contribution in [1.82, 2.24) is 10.5 Å². The predicted molar refractivity (Wildman–Crippen MR) is 64.4 cm³/mol. The van der Waals surface area contributed by atoms with Gasteiger partial charge in [0.25, 0.3) is 0 Å². The minimum absolute atomic E-state index is 0.245. The van der Waals surface area contributed by atoms with Crippen molar-refractivity contribution in [2.45, 2.75) is 44.9 Å². The van der Waals surface area contributed by atoms with Crippen LogP contribution in [0.25, 0.3) is 0 Å². The van der Waals surface area contributed by atoms with Crippen LogP contribution in [0.5, 0.6) is 0 Å². The number of carbonyl (C=O) groups excluding carboxylic acids is 1. The monoisotopic (exact) mass is 236 g/mol. The molecule has 0 spiro atoms. The molecule has 1 saturated carbocycles. The van der Waals surface area contributed by atoms with Crippen LogP contribution in [-0.2, 0) is 11.2 Å². The Morgan fingerprint density at radius 2 is 2.24 bits per heavy atom. The highest BCUT2D eigenvalue weighted by Gasteiger charge is 2.20. The molecular weight excluding hydrogens is 216 g/mol. The van der Waals surface area contributed by atoms with Crippen molar-refractivity contribution in [2.75, 3.05) is 6.54 Å². The van der Waals surface area contributed by atoms with Crippen LogP contribution in [-0.4, -0.2) is 17.6 Å². The minimum atomic E-state index is 0.245. The van der Waals surface area contributed by atoms with Crippen LogP contribution < -0.4 is 5.32 Å². The molecule has 1 aliphatic carbocycles. The second-order valence-electron chi connectivity index (χ2n) is 4.76. The van der Waals surface area contributed by atoms with Crippen molar-refractivity contribution in [2.24, 2.45) is 5.92 Å². The van der Waals surface area contributed by atoms with E-state index in [0.29, 0.717) is 0 Å². The van der Waals surface area contributed by atoms with Gasteiger partial charge in [0.15, 0.2) is 0 Å². The standard InChI is InChI=1S/C13H20N2O2/c16-13(12-6-2-1-3-7-12)14-8-4-5-11-9-15-17-10-11/h9-10,12H,1-8H2,(H,14,16). The molecule has 1 aliphatic rings. The maximum absolute atomic E-state index is 11.8. The molecule has 0 aromatic carbocycles. The maximum atomic E-state index is 11.8. The van der Waals surface area contributed by atoms with Gasteiger partial charge in [0.2, 0.25) is 5.91 Å². The molecule has 4 heteroatoms. The summed E-state index contributed by atoms with van der Waals surface area (Å²) in [5, 5.41) is 6.67. The van der Waals surface area contributed by atoms with Gasteiger partial charge in [-0.25, -0.2) is 0 Å². The second kappa shape index (κ2) is 6.42. The topological polar surface area (TPSA) is 55.1 Å². The third kappa shape index (κ3) is 3.88. The highest BCUT2D eigenvalue weighted by atomic mass is 16.5. The summed E-state index contributed by atoms with van der Waals surface area (Å²) in [5.41, 5.74) is 1.09. The number of hydrogen-bond donors (Lipinski definition) is 1. The summed E-state index contributed by atoms with van der Waals surface area (Å²) < 4.78 is 4.75. The van der Waals surface area contributed by atoms with Gasteiger partial charge in [-0.05, 0) is 25.7 Å². The number of carbonyl (C=O) groups is 1. The molecule has 0 unspecified atom stereocenters. The van der Waals surface area contributed by atoms with E-state index in [4.69, 9.17) is 4.52 Å². The van der Waals surface area contributed by atoms with Crippen LogP contribution in [0.1, 0.15) is 44.1 Å². The normalized spacial score (nSPS) is 16.9. The number of hydrogen-bond acceptors (Lipinski definition) is 3. The van der Waals surface area contributed by atoms with Gasteiger partial charge in [0.05, 0.1) is 6.20 Å². The first-order valence-corrected chi connectivity index (χ1v) is 6.52. The molecule has 2 rings (SSSR count). The lowest BCUT2D eigenvalue weighted by atomic mass is 9.89. The molecule has 0 bridgehead atoms. The van der Waals surface area contributed by atoms with Gasteiger partial charge in [0, 0.05) is 18.0 Å². The Morgan fingerprint density at radius 1 is 1.41 bits per heavy atom. The Labute approximate surface area is 102 Å². The predicted octanol–water partition coefficient (Wildman–Crippen LogP) is 2.30. The van der Waals surface area contributed by atoms with Gasteiger partial charge in [-0.1, -0.05) is 24.4 Å². The van der Waals surface area contributed by atoms with E-state index in [-0.39, 0.29) is 11.8 Å². The van der Waals surface area contributed by atoms with Crippen LogP contribution in [0, 0.1) is 5.92 Å². The first kappa shape index (κ1) is 12.1. The Hall–Kier alpha value is -1.32. The molecule has 0 aliphatic heterocycles. The zero-order valence-corrected chi connectivity index (χ0v) is 10.2. The van der Waals surface area contributed by atoms with Gasteiger partial charge < -0.3 is 9.84 Å². The average molecular weight is 236 g/mol. The van der Waals surface area contributed by atoms with E-state index in [1.807, 2.05) is 0 Å². The lowest BCUT2D eigenvalue weighted by molar-refractivity contribution is -0.125. The summed E-state index contributed by atoms with van der Waals surface area (Å²) in [5.74, 6) is 0.509. The van der Waals surface area contributed by atoms with Crippen molar-refractivity contribution in [3.63, 3.8) is 0 Å². The SMILES string of the molecule is O=C(NCCCc1cnoc1)C1CCCCC1. The molecule has 0 saturated heterocycles. The van der Waals surface area contributed by atoms with E-state index in [2.05, 4.69) is 10.5 Å². The summed E-state index contributed by atoms with van der Waals surface area (Å²) in [4.78, 5) is 11.8. The lowest BCUT2D eigenvalue weighted by Gasteiger charge is -2.20. The second-order valence-corrected chi connectivity index (χ2v) is 4.76. The number of nitrogens with zero attached hydrogens (tertiary/aromatic N) is 1. The lowest BCUT2D eigenvalue weighted by Crippen LogP contribution is -2.32.